The third-order valence-corrected chi connectivity index (χ3v) is 6.89. The third kappa shape index (κ3) is 7.99. The fraction of sp³-hybridized carbons (Fsp3) is 0.250. The first kappa shape index (κ1) is 29.0. The number of carbonyl (C=O) groups is 2. The predicted molar refractivity (Wildman–Crippen MR) is 162 cm³/mol. The Morgan fingerprint density at radius 3 is 2.45 bits per heavy atom. The summed E-state index contributed by atoms with van der Waals surface area (Å²) in [5.74, 6) is 1.27. The fourth-order valence-corrected chi connectivity index (χ4v) is 4.63. The summed E-state index contributed by atoms with van der Waals surface area (Å²) in [6.07, 6.45) is 3.31. The summed E-state index contributed by atoms with van der Waals surface area (Å²) in [5.41, 5.74) is 3.48. The van der Waals surface area contributed by atoms with Gasteiger partial charge in [-0.05, 0) is 49.7 Å². The molecule has 0 radical (unpaired) electrons. The van der Waals surface area contributed by atoms with Crippen molar-refractivity contribution in [3.63, 3.8) is 0 Å². The fourth-order valence-electron chi connectivity index (χ4n) is 3.71. The van der Waals surface area contributed by atoms with Crippen molar-refractivity contribution in [3.8, 4) is 17.3 Å². The smallest absolute Gasteiger partial charge is 0.324 e. The maximum atomic E-state index is 12.9. The van der Waals surface area contributed by atoms with Crippen molar-refractivity contribution in [2.45, 2.75) is 30.6 Å². The summed E-state index contributed by atoms with van der Waals surface area (Å²) in [7, 11) is 1.43. The Kier molecular flexibility index (Phi) is 10.0. The SMILES string of the molecule is CCCC(I)c1cc(NC(=O)Nc2ccc(Oc3cc(NC(=O)COC)ncn3)cc2)n(-c2ccc(C)cc2)n1. The lowest BCUT2D eigenvalue weighted by Crippen LogP contribution is -2.21. The number of ether oxygens (including phenoxy) is 2. The number of hydrogen-bond acceptors (Lipinski definition) is 7. The van der Waals surface area contributed by atoms with Gasteiger partial charge in [-0.15, -0.1) is 0 Å². The van der Waals surface area contributed by atoms with E-state index in [2.05, 4.69) is 55.4 Å². The normalized spacial score (nSPS) is 11.5. The topological polar surface area (TPSA) is 132 Å². The summed E-state index contributed by atoms with van der Waals surface area (Å²) >= 11 is 2.39. The lowest BCUT2D eigenvalue weighted by Gasteiger charge is -2.11. The second-order valence-corrected chi connectivity index (χ2v) is 10.4. The molecule has 0 spiro atoms. The highest BCUT2D eigenvalue weighted by molar-refractivity contribution is 14.1. The van der Waals surface area contributed by atoms with Gasteiger partial charge in [0.25, 0.3) is 5.91 Å². The molecule has 2 heterocycles. The molecule has 4 rings (SSSR count). The van der Waals surface area contributed by atoms with Gasteiger partial charge in [-0.1, -0.05) is 53.6 Å². The highest BCUT2D eigenvalue weighted by Crippen LogP contribution is 2.31. The molecule has 4 aromatic rings. The maximum Gasteiger partial charge on any atom is 0.324 e. The van der Waals surface area contributed by atoms with Crippen molar-refractivity contribution in [2.75, 3.05) is 29.7 Å². The third-order valence-electron chi connectivity index (χ3n) is 5.63. The van der Waals surface area contributed by atoms with Crippen molar-refractivity contribution in [3.05, 3.63) is 78.2 Å². The Morgan fingerprint density at radius 2 is 1.75 bits per heavy atom. The Balaban J connectivity index is 1.42. The molecule has 40 heavy (non-hydrogen) atoms. The molecule has 3 N–H and O–H groups in total. The van der Waals surface area contributed by atoms with Crippen LogP contribution in [-0.2, 0) is 9.53 Å². The average Bonchev–Trinajstić information content (AvgIpc) is 3.34. The van der Waals surface area contributed by atoms with E-state index in [0.717, 1.165) is 29.8 Å². The number of halogens is 1. The van der Waals surface area contributed by atoms with Gasteiger partial charge in [0.1, 0.15) is 30.3 Å². The van der Waals surface area contributed by atoms with Crippen LogP contribution in [0.5, 0.6) is 11.6 Å². The number of aromatic nitrogens is 4. The highest BCUT2D eigenvalue weighted by Gasteiger charge is 2.17. The van der Waals surface area contributed by atoms with Crippen molar-refractivity contribution >= 4 is 51.9 Å². The Bertz CT molecular complexity index is 1440. The number of methoxy groups -OCH3 is 1. The van der Waals surface area contributed by atoms with E-state index in [1.807, 2.05) is 37.3 Å². The van der Waals surface area contributed by atoms with E-state index >= 15 is 0 Å². The minimum atomic E-state index is -0.402. The molecule has 2 aromatic carbocycles. The molecule has 208 valence electrons. The Morgan fingerprint density at radius 1 is 1.00 bits per heavy atom. The van der Waals surface area contributed by atoms with E-state index in [9.17, 15) is 9.59 Å². The molecule has 3 amide bonds. The van der Waals surface area contributed by atoms with Crippen LogP contribution in [-0.4, -0.2) is 45.4 Å². The molecule has 0 bridgehead atoms. The standard InChI is InChI=1S/C28H30IN7O4/c1-4-5-22(29)23-14-25(36(35-23)20-10-6-18(2)7-11-20)34-28(38)32-19-8-12-21(13-9-19)40-27-15-24(30-17-31-27)33-26(37)16-39-3/h6-15,17,22H,4-5,16H2,1-3H3,(H2,32,34,38)(H,30,31,33,37). The number of benzene rings is 2. The number of alkyl halides is 1. The number of carbonyl (C=O) groups excluding carboxylic acids is 2. The monoisotopic (exact) mass is 655 g/mol. The summed E-state index contributed by atoms with van der Waals surface area (Å²) in [6, 6.07) is 17.8. The number of rotatable bonds is 11. The van der Waals surface area contributed by atoms with Crippen LogP contribution in [0.1, 0.15) is 34.9 Å². The van der Waals surface area contributed by atoms with Crippen LogP contribution >= 0.6 is 22.6 Å². The van der Waals surface area contributed by atoms with Gasteiger partial charge in [-0.2, -0.15) is 5.10 Å². The maximum absolute atomic E-state index is 12.9. The zero-order valence-electron chi connectivity index (χ0n) is 22.3. The van der Waals surface area contributed by atoms with Gasteiger partial charge in [-0.25, -0.2) is 19.4 Å². The first-order chi connectivity index (χ1) is 19.3. The van der Waals surface area contributed by atoms with Crippen molar-refractivity contribution in [1.82, 2.24) is 19.7 Å². The van der Waals surface area contributed by atoms with Crippen LogP contribution in [0.4, 0.5) is 22.1 Å². The van der Waals surface area contributed by atoms with Gasteiger partial charge in [0.2, 0.25) is 5.88 Å². The molecule has 1 unspecified atom stereocenters. The molecule has 0 aliphatic carbocycles. The second kappa shape index (κ2) is 13.8. The molecule has 2 aromatic heterocycles. The molecule has 11 nitrogen and oxygen atoms in total. The van der Waals surface area contributed by atoms with Crippen LogP contribution in [0, 0.1) is 6.92 Å². The molecule has 0 fully saturated rings. The van der Waals surface area contributed by atoms with E-state index in [1.165, 1.54) is 19.5 Å². The number of nitrogens with one attached hydrogen (secondary N) is 3. The number of anilines is 3. The zero-order chi connectivity index (χ0) is 28.5. The van der Waals surface area contributed by atoms with Gasteiger partial charge < -0.3 is 20.1 Å². The molecule has 0 aliphatic rings. The van der Waals surface area contributed by atoms with Crippen molar-refractivity contribution in [1.29, 1.82) is 0 Å². The summed E-state index contributed by atoms with van der Waals surface area (Å²) in [5, 5.41) is 13.1. The van der Waals surface area contributed by atoms with Crippen LogP contribution < -0.4 is 20.7 Å². The molecule has 0 saturated heterocycles. The van der Waals surface area contributed by atoms with E-state index < -0.39 is 6.03 Å². The van der Waals surface area contributed by atoms with E-state index in [1.54, 1.807) is 28.9 Å². The van der Waals surface area contributed by atoms with Crippen LogP contribution in [0.15, 0.2) is 67.0 Å². The predicted octanol–water partition coefficient (Wildman–Crippen LogP) is 6.27. The molecule has 12 heteroatoms. The van der Waals surface area contributed by atoms with Gasteiger partial charge in [0, 0.05) is 24.9 Å². The Labute approximate surface area is 245 Å². The molecule has 0 saturated carbocycles. The number of urea groups is 1. The van der Waals surface area contributed by atoms with Crippen LogP contribution in [0.25, 0.3) is 5.69 Å². The number of nitrogens with zero attached hydrogens (tertiary/aromatic N) is 4. The number of hydrogen-bond donors (Lipinski definition) is 3. The van der Waals surface area contributed by atoms with Crippen molar-refractivity contribution in [2.24, 2.45) is 0 Å². The van der Waals surface area contributed by atoms with Crippen LogP contribution in [0.2, 0.25) is 0 Å². The molecule has 0 aliphatic heterocycles. The largest absolute Gasteiger partial charge is 0.439 e. The lowest BCUT2D eigenvalue weighted by molar-refractivity contribution is -0.119. The van der Waals surface area contributed by atoms with Gasteiger partial charge >= 0.3 is 6.03 Å². The summed E-state index contributed by atoms with van der Waals surface area (Å²) in [6.45, 7) is 4.08. The zero-order valence-corrected chi connectivity index (χ0v) is 24.5. The first-order valence-corrected chi connectivity index (χ1v) is 13.9. The van der Waals surface area contributed by atoms with Gasteiger partial charge in [0.15, 0.2) is 0 Å². The molecular weight excluding hydrogens is 625 g/mol. The molecule has 1 atom stereocenters. The number of aryl methyl sites for hydroxylation is 1. The summed E-state index contributed by atoms with van der Waals surface area (Å²) in [4.78, 5) is 32.7. The second-order valence-electron chi connectivity index (χ2n) is 8.89. The molecular formula is C28H30IN7O4. The van der Waals surface area contributed by atoms with Crippen LogP contribution in [0.3, 0.4) is 0 Å². The quantitative estimate of drug-likeness (QED) is 0.128. The van der Waals surface area contributed by atoms with Crippen molar-refractivity contribution < 1.29 is 19.1 Å². The highest BCUT2D eigenvalue weighted by atomic mass is 127. The lowest BCUT2D eigenvalue weighted by atomic mass is 10.2. The van der Waals surface area contributed by atoms with Gasteiger partial charge in [0.05, 0.1) is 15.3 Å². The van der Waals surface area contributed by atoms with Gasteiger partial charge in [-0.3, -0.25) is 10.1 Å². The number of amides is 3. The first-order valence-electron chi connectivity index (χ1n) is 12.6. The Hall–Kier alpha value is -4.04. The minimum absolute atomic E-state index is 0.0880. The average molecular weight is 655 g/mol. The van der Waals surface area contributed by atoms with E-state index in [4.69, 9.17) is 14.6 Å². The summed E-state index contributed by atoms with van der Waals surface area (Å²) < 4.78 is 12.5. The van der Waals surface area contributed by atoms with E-state index in [-0.39, 0.29) is 22.3 Å². The van der Waals surface area contributed by atoms with E-state index in [0.29, 0.717) is 23.1 Å². The minimum Gasteiger partial charge on any atom is -0.439 e.